The van der Waals surface area contributed by atoms with Gasteiger partial charge in [-0.15, -0.1) is 0 Å². The van der Waals surface area contributed by atoms with Gasteiger partial charge in [0.2, 0.25) is 0 Å². The SMILES string of the molecule is CC(=O)OC1CCN(C2CCCCC2N)C1. The number of rotatable bonds is 2. The normalized spacial score (nSPS) is 36.2. The molecular formula is C12H22N2O2. The summed E-state index contributed by atoms with van der Waals surface area (Å²) in [6, 6.07) is 0.819. The van der Waals surface area contributed by atoms with Crippen LogP contribution in [0.15, 0.2) is 0 Å². The zero-order valence-electron chi connectivity index (χ0n) is 10.0. The average molecular weight is 226 g/mol. The minimum absolute atomic E-state index is 0.0895. The number of ether oxygens (including phenoxy) is 1. The summed E-state index contributed by atoms with van der Waals surface area (Å²) >= 11 is 0. The van der Waals surface area contributed by atoms with Crippen LogP contribution in [0.5, 0.6) is 0 Å². The molecule has 0 radical (unpaired) electrons. The Morgan fingerprint density at radius 3 is 2.75 bits per heavy atom. The summed E-state index contributed by atoms with van der Waals surface area (Å²) in [5.41, 5.74) is 6.16. The van der Waals surface area contributed by atoms with Gasteiger partial charge in [-0.2, -0.15) is 0 Å². The molecule has 2 fully saturated rings. The van der Waals surface area contributed by atoms with Gasteiger partial charge in [-0.3, -0.25) is 9.69 Å². The van der Waals surface area contributed by atoms with Gasteiger partial charge in [-0.25, -0.2) is 0 Å². The molecule has 16 heavy (non-hydrogen) atoms. The number of likely N-dealkylation sites (tertiary alicyclic amines) is 1. The van der Waals surface area contributed by atoms with E-state index in [9.17, 15) is 4.79 Å². The van der Waals surface area contributed by atoms with Gasteiger partial charge in [0.05, 0.1) is 0 Å². The monoisotopic (exact) mass is 226 g/mol. The van der Waals surface area contributed by atoms with Crippen molar-refractivity contribution in [3.63, 3.8) is 0 Å². The minimum Gasteiger partial charge on any atom is -0.461 e. The highest BCUT2D eigenvalue weighted by Crippen LogP contribution is 2.25. The molecule has 1 aliphatic heterocycles. The molecule has 1 saturated heterocycles. The van der Waals surface area contributed by atoms with Crippen molar-refractivity contribution in [3.05, 3.63) is 0 Å². The van der Waals surface area contributed by atoms with Crippen LogP contribution in [0.25, 0.3) is 0 Å². The molecule has 0 aromatic heterocycles. The Balaban J connectivity index is 1.85. The van der Waals surface area contributed by atoms with Gasteiger partial charge in [0.1, 0.15) is 6.10 Å². The molecule has 1 saturated carbocycles. The Morgan fingerprint density at radius 1 is 1.31 bits per heavy atom. The van der Waals surface area contributed by atoms with E-state index in [1.807, 2.05) is 0 Å². The Bertz CT molecular complexity index is 257. The van der Waals surface area contributed by atoms with Crippen LogP contribution in [0.1, 0.15) is 39.0 Å². The van der Waals surface area contributed by atoms with Gasteiger partial charge in [-0.05, 0) is 19.3 Å². The fourth-order valence-corrected chi connectivity index (χ4v) is 2.98. The molecule has 0 spiro atoms. The van der Waals surface area contributed by atoms with E-state index >= 15 is 0 Å². The van der Waals surface area contributed by atoms with E-state index in [0.29, 0.717) is 12.1 Å². The number of nitrogens with zero attached hydrogens (tertiary/aromatic N) is 1. The van der Waals surface area contributed by atoms with E-state index in [2.05, 4.69) is 4.90 Å². The van der Waals surface area contributed by atoms with Crippen molar-refractivity contribution in [2.45, 2.75) is 57.2 Å². The molecule has 2 N–H and O–H groups in total. The molecule has 2 aliphatic rings. The maximum atomic E-state index is 10.9. The lowest BCUT2D eigenvalue weighted by Gasteiger charge is -2.35. The summed E-state index contributed by atoms with van der Waals surface area (Å²) < 4.78 is 5.25. The van der Waals surface area contributed by atoms with Gasteiger partial charge in [0.15, 0.2) is 0 Å². The minimum atomic E-state index is -0.167. The van der Waals surface area contributed by atoms with Crippen molar-refractivity contribution < 1.29 is 9.53 Å². The van der Waals surface area contributed by atoms with Crippen LogP contribution >= 0.6 is 0 Å². The molecule has 0 amide bonds. The first kappa shape index (κ1) is 11.9. The molecular weight excluding hydrogens is 204 g/mol. The molecule has 0 bridgehead atoms. The smallest absolute Gasteiger partial charge is 0.302 e. The van der Waals surface area contributed by atoms with E-state index in [1.165, 1.54) is 26.2 Å². The third-order valence-corrected chi connectivity index (χ3v) is 3.76. The lowest BCUT2D eigenvalue weighted by atomic mass is 9.90. The number of nitrogens with two attached hydrogens (primary N) is 1. The Morgan fingerprint density at radius 2 is 2.06 bits per heavy atom. The predicted octanol–water partition coefficient (Wildman–Crippen LogP) is 0.894. The lowest BCUT2D eigenvalue weighted by molar-refractivity contribution is -0.145. The first-order chi connectivity index (χ1) is 7.66. The Kier molecular flexibility index (Phi) is 3.82. The summed E-state index contributed by atoms with van der Waals surface area (Å²) in [5, 5.41) is 0. The van der Waals surface area contributed by atoms with E-state index in [4.69, 9.17) is 10.5 Å². The first-order valence-electron chi connectivity index (χ1n) is 6.33. The van der Waals surface area contributed by atoms with Crippen LogP contribution in [0.2, 0.25) is 0 Å². The van der Waals surface area contributed by atoms with Crippen LogP contribution in [-0.4, -0.2) is 42.1 Å². The van der Waals surface area contributed by atoms with Crippen molar-refractivity contribution in [1.29, 1.82) is 0 Å². The van der Waals surface area contributed by atoms with Gasteiger partial charge < -0.3 is 10.5 Å². The van der Waals surface area contributed by atoms with E-state index in [0.717, 1.165) is 25.9 Å². The zero-order chi connectivity index (χ0) is 11.5. The van der Waals surface area contributed by atoms with Crippen LogP contribution in [0.3, 0.4) is 0 Å². The van der Waals surface area contributed by atoms with Crippen LogP contribution in [-0.2, 0) is 9.53 Å². The summed E-state index contributed by atoms with van der Waals surface area (Å²) in [6.45, 7) is 3.38. The number of esters is 1. The van der Waals surface area contributed by atoms with Crippen LogP contribution in [0.4, 0.5) is 0 Å². The first-order valence-corrected chi connectivity index (χ1v) is 6.33. The maximum Gasteiger partial charge on any atom is 0.302 e. The topological polar surface area (TPSA) is 55.6 Å². The highest BCUT2D eigenvalue weighted by molar-refractivity contribution is 5.66. The molecule has 4 nitrogen and oxygen atoms in total. The second-order valence-electron chi connectivity index (χ2n) is 5.03. The third-order valence-electron chi connectivity index (χ3n) is 3.76. The summed E-state index contributed by atoms with van der Waals surface area (Å²) in [4.78, 5) is 13.3. The van der Waals surface area contributed by atoms with Gasteiger partial charge in [0, 0.05) is 32.1 Å². The molecule has 0 aromatic carbocycles. The Labute approximate surface area is 97.1 Å². The van der Waals surface area contributed by atoms with E-state index in [1.54, 1.807) is 0 Å². The van der Waals surface area contributed by atoms with E-state index < -0.39 is 0 Å². The standard InChI is InChI=1S/C12H22N2O2/c1-9(15)16-10-6-7-14(8-10)12-5-3-2-4-11(12)13/h10-12H,2-8,13H2,1H3. The number of carbonyl (C=O) groups excluding carboxylic acids is 1. The van der Waals surface area contributed by atoms with E-state index in [-0.39, 0.29) is 12.1 Å². The second-order valence-corrected chi connectivity index (χ2v) is 5.03. The number of hydrogen-bond acceptors (Lipinski definition) is 4. The highest BCUT2D eigenvalue weighted by atomic mass is 16.5. The fourth-order valence-electron chi connectivity index (χ4n) is 2.98. The second kappa shape index (κ2) is 5.15. The molecule has 3 atom stereocenters. The lowest BCUT2D eigenvalue weighted by Crippen LogP contribution is -2.49. The van der Waals surface area contributed by atoms with Gasteiger partial charge >= 0.3 is 5.97 Å². The molecule has 2 rings (SSSR count). The largest absolute Gasteiger partial charge is 0.461 e. The fraction of sp³-hybridized carbons (Fsp3) is 0.917. The third kappa shape index (κ3) is 2.74. The van der Waals surface area contributed by atoms with Gasteiger partial charge in [-0.1, -0.05) is 12.8 Å². The summed E-state index contributed by atoms with van der Waals surface area (Å²) in [7, 11) is 0. The van der Waals surface area contributed by atoms with Crippen molar-refractivity contribution in [2.24, 2.45) is 5.73 Å². The summed E-state index contributed by atoms with van der Waals surface area (Å²) in [5.74, 6) is -0.167. The molecule has 1 aliphatic carbocycles. The van der Waals surface area contributed by atoms with Crippen LogP contribution < -0.4 is 5.73 Å². The van der Waals surface area contributed by atoms with Crippen molar-refractivity contribution in [1.82, 2.24) is 4.90 Å². The maximum absolute atomic E-state index is 10.9. The van der Waals surface area contributed by atoms with Crippen molar-refractivity contribution in [3.8, 4) is 0 Å². The molecule has 0 aromatic rings. The van der Waals surface area contributed by atoms with Crippen LogP contribution in [0, 0.1) is 0 Å². The predicted molar refractivity (Wildman–Crippen MR) is 62.0 cm³/mol. The Hall–Kier alpha value is -0.610. The summed E-state index contributed by atoms with van der Waals surface area (Å²) in [6.07, 6.45) is 5.94. The molecule has 92 valence electrons. The molecule has 3 unspecified atom stereocenters. The quantitative estimate of drug-likeness (QED) is 0.711. The molecule has 4 heteroatoms. The van der Waals surface area contributed by atoms with Gasteiger partial charge in [0.25, 0.3) is 0 Å². The van der Waals surface area contributed by atoms with Crippen molar-refractivity contribution in [2.75, 3.05) is 13.1 Å². The highest BCUT2D eigenvalue weighted by Gasteiger charge is 2.33. The average Bonchev–Trinajstić information content (AvgIpc) is 2.66. The molecule has 1 heterocycles. The number of carbonyl (C=O) groups is 1. The zero-order valence-corrected chi connectivity index (χ0v) is 10.0. The van der Waals surface area contributed by atoms with Crippen molar-refractivity contribution >= 4 is 5.97 Å². The number of hydrogen-bond donors (Lipinski definition) is 1.